The van der Waals surface area contributed by atoms with E-state index in [1.807, 2.05) is 0 Å². The van der Waals surface area contributed by atoms with Gasteiger partial charge in [-0.3, -0.25) is 0 Å². The highest BCUT2D eigenvalue weighted by molar-refractivity contribution is 7.80. The van der Waals surface area contributed by atoms with Crippen LogP contribution in [0.25, 0.3) is 0 Å². The second kappa shape index (κ2) is 4.33. The van der Waals surface area contributed by atoms with Gasteiger partial charge in [-0.15, -0.1) is 0 Å². The van der Waals surface area contributed by atoms with Crippen molar-refractivity contribution in [1.29, 1.82) is 0 Å². The predicted octanol–water partition coefficient (Wildman–Crippen LogP) is 0.619. The molecule has 0 bridgehead atoms. The Balaban J connectivity index is 2.02. The van der Waals surface area contributed by atoms with Gasteiger partial charge < -0.3 is 10.0 Å². The first-order valence-corrected chi connectivity index (χ1v) is 4.83. The molecule has 1 fully saturated rings. The average Bonchev–Trinajstić information content (AvgIpc) is 1.85. The van der Waals surface area contributed by atoms with E-state index in [9.17, 15) is 0 Å². The quantitative estimate of drug-likeness (QED) is 0.612. The number of aliphatic hydroxyl groups is 1. The fourth-order valence-electron chi connectivity index (χ4n) is 1.55. The van der Waals surface area contributed by atoms with E-state index >= 15 is 0 Å². The van der Waals surface area contributed by atoms with E-state index in [0.29, 0.717) is 0 Å². The molecule has 1 rings (SSSR count). The minimum atomic E-state index is -0.00981. The summed E-state index contributed by atoms with van der Waals surface area (Å²) in [6, 6.07) is 0. The first-order valence-electron chi connectivity index (χ1n) is 4.20. The van der Waals surface area contributed by atoms with Gasteiger partial charge in [-0.05, 0) is 25.8 Å². The molecular weight excluding hydrogens is 158 g/mol. The van der Waals surface area contributed by atoms with Crippen LogP contribution in [-0.4, -0.2) is 42.0 Å². The Morgan fingerprint density at radius 2 is 2.18 bits per heavy atom. The van der Waals surface area contributed by atoms with Crippen molar-refractivity contribution in [2.24, 2.45) is 5.92 Å². The topological polar surface area (TPSA) is 23.5 Å². The highest BCUT2D eigenvalue weighted by Gasteiger charge is 2.27. The maximum Gasteiger partial charge on any atom is 0.0546 e. The Morgan fingerprint density at radius 3 is 2.64 bits per heavy atom. The summed E-state index contributed by atoms with van der Waals surface area (Å²) in [5.41, 5.74) is 0. The molecular formula is C8H17NOS. The minimum absolute atomic E-state index is 0.00981. The predicted molar refractivity (Wildman–Crippen MR) is 50.1 cm³/mol. The van der Waals surface area contributed by atoms with Crippen LogP contribution in [-0.2, 0) is 0 Å². The summed E-state index contributed by atoms with van der Waals surface area (Å²) in [7, 11) is 2.11. The van der Waals surface area contributed by atoms with Crippen LogP contribution in [0.3, 0.4) is 0 Å². The molecule has 1 aliphatic carbocycles. The molecule has 0 atom stereocenters. The smallest absolute Gasteiger partial charge is 0.0546 e. The van der Waals surface area contributed by atoms with Crippen LogP contribution in [0.5, 0.6) is 0 Å². The fraction of sp³-hybridized carbons (Fsp3) is 1.00. The van der Waals surface area contributed by atoms with Crippen molar-refractivity contribution in [3.8, 4) is 0 Å². The van der Waals surface area contributed by atoms with Gasteiger partial charge in [0.25, 0.3) is 0 Å². The Hall–Kier alpha value is 0.270. The summed E-state index contributed by atoms with van der Waals surface area (Å²) < 4.78 is 0. The highest BCUT2D eigenvalue weighted by atomic mass is 32.1. The van der Waals surface area contributed by atoms with E-state index in [-0.39, 0.29) is 6.10 Å². The average molecular weight is 175 g/mol. The van der Waals surface area contributed by atoms with Gasteiger partial charge in [0.05, 0.1) is 6.10 Å². The van der Waals surface area contributed by atoms with Crippen LogP contribution in [0.15, 0.2) is 0 Å². The molecule has 0 saturated heterocycles. The van der Waals surface area contributed by atoms with E-state index in [2.05, 4.69) is 24.6 Å². The van der Waals surface area contributed by atoms with Gasteiger partial charge >= 0.3 is 0 Å². The molecule has 2 nitrogen and oxygen atoms in total. The van der Waals surface area contributed by atoms with Crippen LogP contribution in [0.1, 0.15) is 12.8 Å². The van der Waals surface area contributed by atoms with Crippen LogP contribution < -0.4 is 0 Å². The van der Waals surface area contributed by atoms with Gasteiger partial charge in [0.15, 0.2) is 0 Å². The first kappa shape index (κ1) is 9.36. The maximum absolute atomic E-state index is 9.03. The second-order valence-corrected chi connectivity index (χ2v) is 3.92. The van der Waals surface area contributed by atoms with Crippen molar-refractivity contribution in [3.05, 3.63) is 0 Å². The maximum atomic E-state index is 9.03. The highest BCUT2D eigenvalue weighted by Crippen LogP contribution is 2.27. The van der Waals surface area contributed by atoms with Gasteiger partial charge in [0, 0.05) is 18.8 Å². The van der Waals surface area contributed by atoms with Gasteiger partial charge in [-0.25, -0.2) is 0 Å². The summed E-state index contributed by atoms with van der Waals surface area (Å²) in [6.07, 6.45) is 1.98. The third kappa shape index (κ3) is 3.01. The first-order chi connectivity index (χ1) is 5.22. The molecule has 0 aromatic heterocycles. The van der Waals surface area contributed by atoms with Crippen LogP contribution in [0.4, 0.5) is 0 Å². The molecule has 0 aliphatic heterocycles. The summed E-state index contributed by atoms with van der Waals surface area (Å²) in [6.45, 7) is 2.17. The van der Waals surface area contributed by atoms with E-state index < -0.39 is 0 Å². The molecule has 0 spiro atoms. The number of aliphatic hydroxyl groups excluding tert-OH is 1. The van der Waals surface area contributed by atoms with Gasteiger partial charge in [0.1, 0.15) is 0 Å². The zero-order valence-electron chi connectivity index (χ0n) is 7.03. The zero-order chi connectivity index (χ0) is 8.27. The van der Waals surface area contributed by atoms with Crippen LogP contribution in [0.2, 0.25) is 0 Å². The van der Waals surface area contributed by atoms with Crippen LogP contribution in [0, 0.1) is 5.92 Å². The summed E-state index contributed by atoms with van der Waals surface area (Å²) >= 11 is 4.16. The van der Waals surface area contributed by atoms with Crippen molar-refractivity contribution in [3.63, 3.8) is 0 Å². The molecule has 1 N–H and O–H groups in total. The van der Waals surface area contributed by atoms with Crippen LogP contribution >= 0.6 is 12.6 Å². The third-order valence-corrected chi connectivity index (χ3v) is 2.46. The molecule has 1 aliphatic rings. The van der Waals surface area contributed by atoms with Gasteiger partial charge in [0.2, 0.25) is 0 Å². The number of nitrogens with zero attached hydrogens (tertiary/aromatic N) is 1. The lowest BCUT2D eigenvalue weighted by Gasteiger charge is -2.34. The third-order valence-electron chi connectivity index (χ3n) is 2.26. The van der Waals surface area contributed by atoms with E-state index in [1.165, 1.54) is 0 Å². The molecule has 0 radical (unpaired) electrons. The standard InChI is InChI=1S/C8H17NOS/c1-9(2-3-11)6-7-4-8(10)5-7/h7-8,10-11H,2-6H2,1H3. The molecule has 0 amide bonds. The molecule has 0 aromatic carbocycles. The van der Waals surface area contributed by atoms with E-state index in [4.69, 9.17) is 5.11 Å². The van der Waals surface area contributed by atoms with Crippen molar-refractivity contribution in [2.75, 3.05) is 25.9 Å². The normalized spacial score (nSPS) is 30.5. The summed E-state index contributed by atoms with van der Waals surface area (Å²) in [4.78, 5) is 2.28. The lowest BCUT2D eigenvalue weighted by Crippen LogP contribution is -2.37. The summed E-state index contributed by atoms with van der Waals surface area (Å²) in [5, 5.41) is 9.03. The summed E-state index contributed by atoms with van der Waals surface area (Å²) in [5.74, 6) is 1.65. The largest absolute Gasteiger partial charge is 0.393 e. The second-order valence-electron chi connectivity index (χ2n) is 3.48. The Kier molecular flexibility index (Phi) is 3.69. The molecule has 0 aromatic rings. The monoisotopic (exact) mass is 175 g/mol. The zero-order valence-corrected chi connectivity index (χ0v) is 7.93. The van der Waals surface area contributed by atoms with Gasteiger partial charge in [-0.1, -0.05) is 0 Å². The van der Waals surface area contributed by atoms with Crippen molar-refractivity contribution < 1.29 is 5.11 Å². The fourth-order valence-corrected chi connectivity index (χ4v) is 1.89. The lowest BCUT2D eigenvalue weighted by molar-refractivity contribution is 0.0292. The molecule has 66 valence electrons. The number of hydrogen-bond acceptors (Lipinski definition) is 3. The molecule has 3 heteroatoms. The van der Waals surface area contributed by atoms with E-state index in [0.717, 1.165) is 37.6 Å². The lowest BCUT2D eigenvalue weighted by atomic mass is 9.82. The number of hydrogen-bond donors (Lipinski definition) is 2. The Bertz CT molecular complexity index is 112. The molecule has 1 saturated carbocycles. The molecule has 0 unspecified atom stereocenters. The molecule has 0 heterocycles. The molecule has 11 heavy (non-hydrogen) atoms. The number of thiol groups is 1. The Morgan fingerprint density at radius 1 is 1.55 bits per heavy atom. The Labute approximate surface area is 74.0 Å². The van der Waals surface area contributed by atoms with Crippen molar-refractivity contribution in [1.82, 2.24) is 4.90 Å². The van der Waals surface area contributed by atoms with E-state index in [1.54, 1.807) is 0 Å². The minimum Gasteiger partial charge on any atom is -0.393 e. The van der Waals surface area contributed by atoms with Gasteiger partial charge in [-0.2, -0.15) is 12.6 Å². The number of rotatable bonds is 4. The van der Waals surface area contributed by atoms with Crippen molar-refractivity contribution >= 4 is 12.6 Å². The van der Waals surface area contributed by atoms with Crippen molar-refractivity contribution in [2.45, 2.75) is 18.9 Å². The SMILES string of the molecule is CN(CCS)CC1CC(O)C1.